The van der Waals surface area contributed by atoms with Crippen LogP contribution in [0.5, 0.6) is 5.75 Å². The highest BCUT2D eigenvalue weighted by atomic mass is 35.5. The van der Waals surface area contributed by atoms with Gasteiger partial charge in [0, 0.05) is 16.8 Å². The summed E-state index contributed by atoms with van der Waals surface area (Å²) in [5.74, 6) is 0.804. The number of hydrogen-bond donors (Lipinski definition) is 0. The van der Waals surface area contributed by atoms with Gasteiger partial charge in [-0.3, -0.25) is 0 Å². The van der Waals surface area contributed by atoms with Crippen molar-refractivity contribution in [3.05, 3.63) is 70.2 Å². The van der Waals surface area contributed by atoms with Crippen LogP contribution in [0.4, 0.5) is 5.13 Å². The molecule has 110 valence electrons. The Bertz CT molecular complexity index is 774. The van der Waals surface area contributed by atoms with Crippen molar-refractivity contribution in [2.45, 2.75) is 6.61 Å². The van der Waals surface area contributed by atoms with Crippen LogP contribution in [0.25, 0.3) is 0 Å². The summed E-state index contributed by atoms with van der Waals surface area (Å²) >= 11 is 7.46. The molecule has 6 heteroatoms. The molecule has 0 amide bonds. The van der Waals surface area contributed by atoms with Gasteiger partial charge in [-0.15, -0.1) is 10.2 Å². The average molecular weight is 330 g/mol. The molecule has 0 aliphatic carbocycles. The molecule has 0 N–H and O–H groups in total. The van der Waals surface area contributed by atoms with Gasteiger partial charge in [0.1, 0.15) is 12.4 Å². The highest BCUT2D eigenvalue weighted by molar-refractivity contribution is 7.14. The first-order valence-electron chi connectivity index (χ1n) is 6.60. The molecule has 1 heterocycles. The van der Waals surface area contributed by atoms with E-state index < -0.39 is 0 Å². The first-order chi connectivity index (χ1) is 10.8. The van der Waals surface area contributed by atoms with Gasteiger partial charge in [0.05, 0.1) is 0 Å². The lowest BCUT2D eigenvalue weighted by Crippen LogP contribution is -1.94. The summed E-state index contributed by atoms with van der Waals surface area (Å²) in [6.07, 6.45) is 1.69. The Morgan fingerprint density at radius 3 is 2.64 bits per heavy atom. The smallest absolute Gasteiger partial charge is 0.231 e. The molecule has 3 rings (SSSR count). The lowest BCUT2D eigenvalue weighted by atomic mass is 10.2. The molecule has 0 radical (unpaired) electrons. The van der Waals surface area contributed by atoms with Gasteiger partial charge < -0.3 is 4.74 Å². The van der Waals surface area contributed by atoms with E-state index in [0.717, 1.165) is 16.3 Å². The third kappa shape index (κ3) is 3.90. The number of rotatable bonds is 5. The number of halogens is 1. The standard InChI is InChI=1S/C16H12ClN3OS/c17-14-9-5-4-6-12(14)10-18-16-20-19-15(22-16)11-21-13-7-2-1-3-8-13/h1-10H,11H2. The molecule has 2 aromatic carbocycles. The Balaban J connectivity index is 1.63. The molecule has 0 aliphatic heterocycles. The molecule has 3 aromatic rings. The fourth-order valence-electron chi connectivity index (χ4n) is 1.72. The van der Waals surface area contributed by atoms with Crippen LogP contribution in [0.2, 0.25) is 5.02 Å². The summed E-state index contributed by atoms with van der Waals surface area (Å²) in [7, 11) is 0. The van der Waals surface area contributed by atoms with Gasteiger partial charge in [0.25, 0.3) is 0 Å². The van der Waals surface area contributed by atoms with Crippen LogP contribution >= 0.6 is 22.9 Å². The number of nitrogens with zero attached hydrogens (tertiary/aromatic N) is 3. The van der Waals surface area contributed by atoms with Gasteiger partial charge in [0.15, 0.2) is 5.01 Å². The van der Waals surface area contributed by atoms with Crippen LogP contribution in [-0.4, -0.2) is 16.4 Å². The maximum atomic E-state index is 6.07. The average Bonchev–Trinajstić information content (AvgIpc) is 3.01. The number of ether oxygens (including phenoxy) is 1. The van der Waals surface area contributed by atoms with Crippen molar-refractivity contribution in [2.24, 2.45) is 4.99 Å². The number of hydrogen-bond acceptors (Lipinski definition) is 5. The molecule has 0 saturated heterocycles. The molecule has 0 aliphatic rings. The second-order valence-corrected chi connectivity index (χ2v) is 5.81. The Labute approximate surface area is 137 Å². The molecular weight excluding hydrogens is 318 g/mol. The molecule has 0 saturated carbocycles. The lowest BCUT2D eigenvalue weighted by molar-refractivity contribution is 0.304. The minimum Gasteiger partial charge on any atom is -0.486 e. The van der Waals surface area contributed by atoms with Gasteiger partial charge in [-0.25, -0.2) is 4.99 Å². The Morgan fingerprint density at radius 2 is 1.82 bits per heavy atom. The summed E-state index contributed by atoms with van der Waals surface area (Å²) in [5.41, 5.74) is 0.849. The Kier molecular flexibility index (Phi) is 4.78. The number of aromatic nitrogens is 2. The third-order valence-electron chi connectivity index (χ3n) is 2.78. The van der Waals surface area contributed by atoms with Crippen molar-refractivity contribution in [3.63, 3.8) is 0 Å². The summed E-state index contributed by atoms with van der Waals surface area (Å²) < 4.78 is 5.62. The van der Waals surface area contributed by atoms with Crippen LogP contribution in [0.3, 0.4) is 0 Å². The second-order valence-electron chi connectivity index (χ2n) is 4.36. The van der Waals surface area contributed by atoms with Gasteiger partial charge >= 0.3 is 0 Å². The number of para-hydroxylation sites is 1. The van der Waals surface area contributed by atoms with E-state index in [1.165, 1.54) is 11.3 Å². The lowest BCUT2D eigenvalue weighted by Gasteiger charge is -2.01. The van der Waals surface area contributed by atoms with E-state index in [9.17, 15) is 0 Å². The molecule has 0 fully saturated rings. The maximum Gasteiger partial charge on any atom is 0.231 e. The van der Waals surface area contributed by atoms with Crippen molar-refractivity contribution in [2.75, 3.05) is 0 Å². The summed E-state index contributed by atoms with van der Waals surface area (Å²) in [6, 6.07) is 17.1. The molecule has 22 heavy (non-hydrogen) atoms. The fourth-order valence-corrected chi connectivity index (χ4v) is 2.50. The molecule has 0 unspecified atom stereocenters. The maximum absolute atomic E-state index is 6.07. The monoisotopic (exact) mass is 329 g/mol. The highest BCUT2D eigenvalue weighted by Gasteiger charge is 2.04. The van der Waals surface area contributed by atoms with Gasteiger partial charge in [-0.05, 0) is 18.2 Å². The Hall–Kier alpha value is -2.24. The predicted octanol–water partition coefficient (Wildman–Crippen LogP) is 4.52. The van der Waals surface area contributed by atoms with Crippen LogP contribution in [0, 0.1) is 0 Å². The quantitative estimate of drug-likeness (QED) is 0.646. The molecular formula is C16H12ClN3OS. The predicted molar refractivity (Wildman–Crippen MR) is 89.4 cm³/mol. The Morgan fingerprint density at radius 1 is 1.05 bits per heavy atom. The SMILES string of the molecule is Clc1ccccc1C=Nc1nnc(COc2ccccc2)s1. The van der Waals surface area contributed by atoms with E-state index in [2.05, 4.69) is 15.2 Å². The van der Waals surface area contributed by atoms with Gasteiger partial charge in [0.2, 0.25) is 5.13 Å². The van der Waals surface area contributed by atoms with Crippen LogP contribution in [-0.2, 0) is 6.61 Å². The molecule has 0 spiro atoms. The zero-order valence-electron chi connectivity index (χ0n) is 11.5. The molecule has 0 bridgehead atoms. The molecule has 0 atom stereocenters. The first kappa shape index (κ1) is 14.7. The van der Waals surface area contributed by atoms with Crippen molar-refractivity contribution in [1.82, 2.24) is 10.2 Å². The largest absolute Gasteiger partial charge is 0.486 e. The first-order valence-corrected chi connectivity index (χ1v) is 7.79. The minimum absolute atomic E-state index is 0.378. The van der Waals surface area contributed by atoms with E-state index in [-0.39, 0.29) is 0 Å². The molecule has 4 nitrogen and oxygen atoms in total. The van der Waals surface area contributed by atoms with Crippen molar-refractivity contribution >= 4 is 34.3 Å². The van der Waals surface area contributed by atoms with Crippen LogP contribution in [0.15, 0.2) is 59.6 Å². The zero-order valence-corrected chi connectivity index (χ0v) is 13.1. The zero-order chi connectivity index (χ0) is 15.2. The van der Waals surface area contributed by atoms with Crippen LogP contribution < -0.4 is 4.74 Å². The summed E-state index contributed by atoms with van der Waals surface area (Å²) in [5, 5.41) is 10.1. The van der Waals surface area contributed by atoms with E-state index in [1.54, 1.807) is 6.21 Å². The van der Waals surface area contributed by atoms with Crippen molar-refractivity contribution in [3.8, 4) is 5.75 Å². The van der Waals surface area contributed by atoms with E-state index in [0.29, 0.717) is 16.8 Å². The van der Waals surface area contributed by atoms with E-state index >= 15 is 0 Å². The van der Waals surface area contributed by atoms with Gasteiger partial charge in [-0.2, -0.15) is 0 Å². The van der Waals surface area contributed by atoms with Crippen molar-refractivity contribution < 1.29 is 4.74 Å². The van der Waals surface area contributed by atoms with E-state index in [4.69, 9.17) is 16.3 Å². The fraction of sp³-hybridized carbons (Fsp3) is 0.0625. The summed E-state index contributed by atoms with van der Waals surface area (Å²) in [6.45, 7) is 0.378. The summed E-state index contributed by atoms with van der Waals surface area (Å²) in [4.78, 5) is 4.29. The number of benzene rings is 2. The number of aliphatic imine (C=N–C) groups is 1. The third-order valence-corrected chi connectivity index (χ3v) is 3.93. The minimum atomic E-state index is 0.378. The van der Waals surface area contributed by atoms with Crippen molar-refractivity contribution in [1.29, 1.82) is 0 Å². The topological polar surface area (TPSA) is 47.4 Å². The van der Waals surface area contributed by atoms with E-state index in [1.807, 2.05) is 54.6 Å². The highest BCUT2D eigenvalue weighted by Crippen LogP contribution is 2.21. The van der Waals surface area contributed by atoms with Crippen LogP contribution in [0.1, 0.15) is 10.6 Å². The molecule has 1 aromatic heterocycles. The van der Waals surface area contributed by atoms with Gasteiger partial charge in [-0.1, -0.05) is 59.3 Å². The normalized spacial score (nSPS) is 11.0. The second kappa shape index (κ2) is 7.15.